The van der Waals surface area contributed by atoms with Gasteiger partial charge in [0.05, 0.1) is 25.4 Å². The van der Waals surface area contributed by atoms with Gasteiger partial charge in [0.2, 0.25) is 5.67 Å². The molecular weight excluding hydrogens is 421 g/mol. The first kappa shape index (κ1) is 21.6. The standard InChI is InChI=1S/C25H28FN5O2/c1-30(13-14-32)22-15-19-20(16-27-22)28-24(25(26)9-10-25)29-23(19)31-11-7-17(8-12-31)18-5-3-4-6-21(18)33-2/h3-6,9-10,15-17,32H,7-8,11-14H2,1-2H3. The highest BCUT2D eigenvalue weighted by molar-refractivity contribution is 5.91. The van der Waals surface area contributed by atoms with E-state index in [-0.39, 0.29) is 12.4 Å². The predicted molar refractivity (Wildman–Crippen MR) is 127 cm³/mol. The summed E-state index contributed by atoms with van der Waals surface area (Å²) in [6.45, 7) is 2.09. The summed E-state index contributed by atoms with van der Waals surface area (Å²) in [5, 5.41) is 10.1. The Morgan fingerprint density at radius 3 is 2.67 bits per heavy atom. The van der Waals surface area contributed by atoms with E-state index in [2.05, 4.69) is 27.0 Å². The molecular formula is C25H28FN5O2. The monoisotopic (exact) mass is 449 g/mol. The van der Waals surface area contributed by atoms with E-state index in [1.54, 1.807) is 13.3 Å². The van der Waals surface area contributed by atoms with Gasteiger partial charge in [-0.3, -0.25) is 0 Å². The maximum absolute atomic E-state index is 14.9. The number of aromatic nitrogens is 3. The van der Waals surface area contributed by atoms with Crippen LogP contribution in [0.5, 0.6) is 5.75 Å². The van der Waals surface area contributed by atoms with Crippen molar-refractivity contribution in [3.05, 3.63) is 60.1 Å². The number of anilines is 2. The number of likely N-dealkylation sites (N-methyl/N-ethyl adjacent to an activating group) is 1. The van der Waals surface area contributed by atoms with Crippen molar-refractivity contribution < 1.29 is 14.2 Å². The van der Waals surface area contributed by atoms with Gasteiger partial charge in [0.25, 0.3) is 0 Å². The second kappa shape index (κ2) is 8.59. The van der Waals surface area contributed by atoms with Crippen LogP contribution in [0.15, 0.2) is 48.7 Å². The average molecular weight is 450 g/mol. The summed E-state index contributed by atoms with van der Waals surface area (Å²) in [6, 6.07) is 10.1. The fraction of sp³-hybridized carbons (Fsp3) is 0.400. The SMILES string of the molecule is COc1ccccc1C1CCN(c2nc(C3(F)C=C3)nc3cnc(N(C)CCO)cc23)CC1. The van der Waals surface area contributed by atoms with Gasteiger partial charge in [-0.15, -0.1) is 0 Å². The fourth-order valence-corrected chi connectivity index (χ4v) is 4.52. The van der Waals surface area contributed by atoms with Gasteiger partial charge >= 0.3 is 0 Å². The van der Waals surface area contributed by atoms with Gasteiger partial charge in [-0.2, -0.15) is 0 Å². The van der Waals surface area contributed by atoms with Crippen molar-refractivity contribution in [1.82, 2.24) is 15.0 Å². The summed E-state index contributed by atoms with van der Waals surface area (Å²) in [7, 11) is 3.59. The Morgan fingerprint density at radius 2 is 1.97 bits per heavy atom. The van der Waals surface area contributed by atoms with Gasteiger partial charge < -0.3 is 19.6 Å². The number of hydrogen-bond acceptors (Lipinski definition) is 7. The first-order valence-corrected chi connectivity index (χ1v) is 11.3. The quantitative estimate of drug-likeness (QED) is 0.553. The zero-order chi connectivity index (χ0) is 23.0. The highest BCUT2D eigenvalue weighted by atomic mass is 19.1. The molecule has 0 radical (unpaired) electrons. The molecule has 1 aliphatic carbocycles. The molecule has 33 heavy (non-hydrogen) atoms. The summed E-state index contributed by atoms with van der Waals surface area (Å²) in [5.41, 5.74) is 0.189. The zero-order valence-electron chi connectivity index (χ0n) is 18.9. The molecule has 0 spiro atoms. The topological polar surface area (TPSA) is 74.6 Å². The van der Waals surface area contributed by atoms with Crippen LogP contribution < -0.4 is 14.5 Å². The third-order valence-corrected chi connectivity index (χ3v) is 6.55. The van der Waals surface area contributed by atoms with E-state index in [4.69, 9.17) is 9.72 Å². The number of aliphatic hydroxyl groups is 1. The fourth-order valence-electron chi connectivity index (χ4n) is 4.52. The lowest BCUT2D eigenvalue weighted by molar-refractivity contribution is 0.304. The van der Waals surface area contributed by atoms with Crippen LogP contribution in [0.4, 0.5) is 16.0 Å². The smallest absolute Gasteiger partial charge is 0.206 e. The summed E-state index contributed by atoms with van der Waals surface area (Å²) in [5.74, 6) is 2.94. The minimum absolute atomic E-state index is 0.0328. The van der Waals surface area contributed by atoms with E-state index in [9.17, 15) is 9.50 Å². The number of fused-ring (bicyclic) bond motifs is 1. The number of alkyl halides is 1. The number of piperidine rings is 1. The number of rotatable bonds is 7. The van der Waals surface area contributed by atoms with Crippen molar-refractivity contribution in [2.75, 3.05) is 50.2 Å². The summed E-state index contributed by atoms with van der Waals surface area (Å²) < 4.78 is 20.4. The number of nitrogens with zero attached hydrogens (tertiary/aromatic N) is 5. The average Bonchev–Trinajstić information content (AvgIpc) is 3.61. The third kappa shape index (κ3) is 4.11. The molecule has 0 unspecified atom stereocenters. The lowest BCUT2D eigenvalue weighted by atomic mass is 9.88. The van der Waals surface area contributed by atoms with Crippen molar-refractivity contribution in [2.24, 2.45) is 0 Å². The molecule has 8 heteroatoms. The predicted octanol–water partition coefficient (Wildman–Crippen LogP) is 3.58. The number of aliphatic hydroxyl groups excluding tert-OH is 1. The van der Waals surface area contributed by atoms with E-state index < -0.39 is 5.67 Å². The van der Waals surface area contributed by atoms with Crippen molar-refractivity contribution in [3.63, 3.8) is 0 Å². The van der Waals surface area contributed by atoms with Crippen molar-refractivity contribution >= 4 is 22.5 Å². The minimum Gasteiger partial charge on any atom is -0.496 e. The number of methoxy groups -OCH3 is 1. The summed E-state index contributed by atoms with van der Waals surface area (Å²) in [4.78, 5) is 17.7. The van der Waals surface area contributed by atoms with Crippen LogP contribution in [-0.4, -0.2) is 60.5 Å². The van der Waals surface area contributed by atoms with Crippen LogP contribution in [0.25, 0.3) is 10.9 Å². The minimum atomic E-state index is -1.66. The lowest BCUT2D eigenvalue weighted by Gasteiger charge is -2.34. The number of pyridine rings is 1. The van der Waals surface area contributed by atoms with Gasteiger partial charge in [-0.1, -0.05) is 18.2 Å². The molecule has 1 saturated heterocycles. The Kier molecular flexibility index (Phi) is 5.62. The molecule has 1 aromatic carbocycles. The molecule has 7 nitrogen and oxygen atoms in total. The van der Waals surface area contributed by atoms with E-state index in [0.717, 1.165) is 48.7 Å². The molecule has 2 aliphatic rings. The number of hydrogen-bond donors (Lipinski definition) is 1. The molecule has 0 amide bonds. The molecule has 1 aliphatic heterocycles. The van der Waals surface area contributed by atoms with E-state index in [0.29, 0.717) is 18.0 Å². The first-order chi connectivity index (χ1) is 16.0. The highest BCUT2D eigenvalue weighted by Gasteiger charge is 2.40. The van der Waals surface area contributed by atoms with Crippen LogP contribution in [-0.2, 0) is 5.67 Å². The third-order valence-electron chi connectivity index (χ3n) is 6.55. The van der Waals surface area contributed by atoms with Crippen molar-refractivity contribution in [3.8, 4) is 5.75 Å². The van der Waals surface area contributed by atoms with Crippen molar-refractivity contribution in [1.29, 1.82) is 0 Å². The van der Waals surface area contributed by atoms with Crippen LogP contribution in [0.2, 0.25) is 0 Å². The Labute approximate surface area is 192 Å². The van der Waals surface area contributed by atoms with E-state index >= 15 is 0 Å². The first-order valence-electron chi connectivity index (χ1n) is 11.3. The van der Waals surface area contributed by atoms with Crippen LogP contribution in [0, 0.1) is 0 Å². The Balaban J connectivity index is 1.48. The maximum atomic E-state index is 14.9. The Bertz CT molecular complexity index is 1190. The molecule has 1 N–H and O–H groups in total. The second-order valence-corrected chi connectivity index (χ2v) is 8.68. The maximum Gasteiger partial charge on any atom is 0.206 e. The lowest BCUT2D eigenvalue weighted by Crippen LogP contribution is -2.34. The number of ether oxygens (including phenoxy) is 1. The van der Waals surface area contributed by atoms with Gasteiger partial charge in [0, 0.05) is 32.1 Å². The molecule has 2 aromatic heterocycles. The number of benzene rings is 1. The molecule has 3 heterocycles. The summed E-state index contributed by atoms with van der Waals surface area (Å²) >= 11 is 0. The largest absolute Gasteiger partial charge is 0.496 e. The van der Waals surface area contributed by atoms with E-state index in [1.807, 2.05) is 30.1 Å². The van der Waals surface area contributed by atoms with Gasteiger partial charge in [-0.05, 0) is 48.6 Å². The molecule has 5 rings (SSSR count). The van der Waals surface area contributed by atoms with Crippen LogP contribution in [0.1, 0.15) is 30.1 Å². The number of allylic oxidation sites excluding steroid dienone is 2. The zero-order valence-corrected chi connectivity index (χ0v) is 18.9. The van der Waals surface area contributed by atoms with E-state index in [1.165, 1.54) is 17.7 Å². The molecule has 172 valence electrons. The molecule has 3 aromatic rings. The van der Waals surface area contributed by atoms with Crippen LogP contribution >= 0.6 is 0 Å². The molecule has 0 bridgehead atoms. The Hall–Kier alpha value is -3.26. The summed E-state index contributed by atoms with van der Waals surface area (Å²) in [6.07, 6.45) is 6.51. The molecule has 1 fully saturated rings. The normalized spacial score (nSPS) is 17.4. The van der Waals surface area contributed by atoms with Crippen molar-refractivity contribution in [2.45, 2.75) is 24.4 Å². The van der Waals surface area contributed by atoms with Crippen LogP contribution in [0.3, 0.4) is 0 Å². The molecule has 0 atom stereocenters. The molecule has 0 saturated carbocycles. The van der Waals surface area contributed by atoms with Gasteiger partial charge in [0.15, 0.2) is 5.82 Å². The second-order valence-electron chi connectivity index (χ2n) is 8.68. The van der Waals surface area contributed by atoms with Gasteiger partial charge in [-0.25, -0.2) is 19.3 Å². The highest BCUT2D eigenvalue weighted by Crippen LogP contribution is 2.41. The number of para-hydroxylation sites is 1. The number of halogens is 1. The Morgan fingerprint density at radius 1 is 1.21 bits per heavy atom. The van der Waals surface area contributed by atoms with Gasteiger partial charge in [0.1, 0.15) is 17.4 Å².